The lowest BCUT2D eigenvalue weighted by Gasteiger charge is -2.12. The minimum absolute atomic E-state index is 0.0571. The molecule has 0 radical (unpaired) electrons. The summed E-state index contributed by atoms with van der Waals surface area (Å²) >= 11 is 0. The highest BCUT2D eigenvalue weighted by atomic mass is 16.5. The Hall–Kier alpha value is -2.74. The van der Waals surface area contributed by atoms with Crippen molar-refractivity contribution in [2.24, 2.45) is 0 Å². The molecule has 0 aliphatic rings. The van der Waals surface area contributed by atoms with Gasteiger partial charge in [0.2, 0.25) is 5.69 Å². The van der Waals surface area contributed by atoms with Crippen molar-refractivity contribution < 1.29 is 24.2 Å². The quantitative estimate of drug-likeness (QED) is 0.806. The SMILES string of the molecule is COC(=O)c1nnn(CC(O)c2ccccc2)c1C(=O)OC. The van der Waals surface area contributed by atoms with Gasteiger partial charge in [-0.05, 0) is 5.56 Å². The Morgan fingerprint density at radius 1 is 1.18 bits per heavy atom. The van der Waals surface area contributed by atoms with Crippen LogP contribution in [-0.4, -0.2) is 46.3 Å². The molecule has 1 atom stereocenters. The molecule has 0 spiro atoms. The van der Waals surface area contributed by atoms with E-state index in [-0.39, 0.29) is 17.9 Å². The van der Waals surface area contributed by atoms with Gasteiger partial charge >= 0.3 is 11.9 Å². The number of nitrogens with zero attached hydrogens (tertiary/aromatic N) is 3. The van der Waals surface area contributed by atoms with Crippen LogP contribution in [0.25, 0.3) is 0 Å². The van der Waals surface area contributed by atoms with Gasteiger partial charge in [0.1, 0.15) is 0 Å². The van der Waals surface area contributed by atoms with Crippen molar-refractivity contribution in [2.45, 2.75) is 12.6 Å². The number of rotatable bonds is 5. The molecule has 1 unspecified atom stereocenters. The fourth-order valence-electron chi connectivity index (χ4n) is 1.92. The lowest BCUT2D eigenvalue weighted by atomic mass is 10.1. The lowest BCUT2D eigenvalue weighted by Crippen LogP contribution is -2.19. The molecular weight excluding hydrogens is 290 g/mol. The molecule has 1 aromatic heterocycles. The van der Waals surface area contributed by atoms with Crippen LogP contribution in [0.1, 0.15) is 32.6 Å². The van der Waals surface area contributed by atoms with Gasteiger partial charge in [-0.1, -0.05) is 35.5 Å². The van der Waals surface area contributed by atoms with Crippen molar-refractivity contribution >= 4 is 11.9 Å². The molecule has 0 aliphatic heterocycles. The van der Waals surface area contributed by atoms with Gasteiger partial charge in [0.05, 0.1) is 26.9 Å². The molecule has 0 amide bonds. The second-order valence-corrected chi connectivity index (χ2v) is 4.38. The first-order chi connectivity index (χ1) is 10.6. The number of esters is 2. The van der Waals surface area contributed by atoms with E-state index in [9.17, 15) is 14.7 Å². The summed E-state index contributed by atoms with van der Waals surface area (Å²) in [6.07, 6.45) is -0.920. The third-order valence-electron chi connectivity index (χ3n) is 3.02. The maximum Gasteiger partial charge on any atom is 0.361 e. The molecular formula is C14H15N3O5. The average molecular weight is 305 g/mol. The fraction of sp³-hybridized carbons (Fsp3) is 0.286. The molecule has 0 aliphatic carbocycles. The molecule has 116 valence electrons. The highest BCUT2D eigenvalue weighted by Gasteiger charge is 2.27. The van der Waals surface area contributed by atoms with E-state index in [4.69, 9.17) is 0 Å². The number of hydrogen-bond donors (Lipinski definition) is 1. The summed E-state index contributed by atoms with van der Waals surface area (Å²) in [5, 5.41) is 17.6. The van der Waals surface area contributed by atoms with Gasteiger partial charge in [0, 0.05) is 0 Å². The number of benzene rings is 1. The Morgan fingerprint density at radius 2 is 1.82 bits per heavy atom. The highest BCUT2D eigenvalue weighted by Crippen LogP contribution is 2.17. The molecule has 0 saturated carbocycles. The van der Waals surface area contributed by atoms with Crippen LogP contribution in [-0.2, 0) is 16.0 Å². The summed E-state index contributed by atoms with van der Waals surface area (Å²) in [5.74, 6) is -1.59. The van der Waals surface area contributed by atoms with E-state index >= 15 is 0 Å². The van der Waals surface area contributed by atoms with Crippen molar-refractivity contribution in [3.05, 3.63) is 47.3 Å². The van der Waals surface area contributed by atoms with Gasteiger partial charge in [0.25, 0.3) is 0 Å². The number of ether oxygens (including phenoxy) is 2. The summed E-state index contributed by atoms with van der Waals surface area (Å²) < 4.78 is 10.3. The van der Waals surface area contributed by atoms with Crippen LogP contribution in [0.2, 0.25) is 0 Å². The van der Waals surface area contributed by atoms with E-state index < -0.39 is 18.0 Å². The predicted octanol–water partition coefficient (Wildman–Crippen LogP) is 0.585. The first kappa shape index (κ1) is 15.6. The number of aliphatic hydroxyl groups is 1. The second-order valence-electron chi connectivity index (χ2n) is 4.38. The number of hydrogen-bond acceptors (Lipinski definition) is 7. The van der Waals surface area contributed by atoms with Crippen LogP contribution < -0.4 is 0 Å². The minimum atomic E-state index is -0.920. The summed E-state index contributed by atoms with van der Waals surface area (Å²) in [4.78, 5) is 23.5. The maximum absolute atomic E-state index is 11.8. The summed E-state index contributed by atoms with van der Waals surface area (Å²) in [6.45, 7) is -0.0571. The smallest absolute Gasteiger partial charge is 0.361 e. The van der Waals surface area contributed by atoms with Gasteiger partial charge in [-0.3, -0.25) is 0 Å². The van der Waals surface area contributed by atoms with Gasteiger partial charge < -0.3 is 14.6 Å². The molecule has 2 rings (SSSR count). The molecule has 1 aromatic carbocycles. The lowest BCUT2D eigenvalue weighted by molar-refractivity contribution is 0.0539. The third kappa shape index (κ3) is 3.12. The molecule has 22 heavy (non-hydrogen) atoms. The Kier molecular flexibility index (Phi) is 4.84. The van der Waals surface area contributed by atoms with E-state index in [0.29, 0.717) is 5.56 Å². The predicted molar refractivity (Wildman–Crippen MR) is 74.1 cm³/mol. The van der Waals surface area contributed by atoms with Crippen LogP contribution in [0, 0.1) is 0 Å². The zero-order valence-corrected chi connectivity index (χ0v) is 12.1. The van der Waals surface area contributed by atoms with Crippen LogP contribution >= 0.6 is 0 Å². The Bertz CT molecular complexity index is 668. The van der Waals surface area contributed by atoms with Crippen molar-refractivity contribution in [1.82, 2.24) is 15.0 Å². The van der Waals surface area contributed by atoms with Crippen molar-refractivity contribution in [1.29, 1.82) is 0 Å². The molecule has 2 aromatic rings. The number of methoxy groups -OCH3 is 2. The number of aromatic nitrogens is 3. The standard InChI is InChI=1S/C14H15N3O5/c1-21-13(19)11-12(14(20)22-2)17(16-15-11)8-10(18)9-6-4-3-5-7-9/h3-7,10,18H,8H2,1-2H3. The van der Waals surface area contributed by atoms with Gasteiger partial charge in [-0.25, -0.2) is 14.3 Å². The zero-order chi connectivity index (χ0) is 16.1. The van der Waals surface area contributed by atoms with E-state index in [0.717, 1.165) is 4.68 Å². The monoisotopic (exact) mass is 305 g/mol. The van der Waals surface area contributed by atoms with Gasteiger partial charge in [0.15, 0.2) is 5.69 Å². The molecule has 0 bridgehead atoms. The number of carbonyl (C=O) groups excluding carboxylic acids is 2. The number of aliphatic hydroxyl groups excluding tert-OH is 1. The molecule has 1 N–H and O–H groups in total. The highest BCUT2D eigenvalue weighted by molar-refractivity contribution is 6.00. The normalized spacial score (nSPS) is 11.8. The minimum Gasteiger partial charge on any atom is -0.464 e. The molecule has 8 nitrogen and oxygen atoms in total. The second kappa shape index (κ2) is 6.81. The summed E-state index contributed by atoms with van der Waals surface area (Å²) in [6, 6.07) is 8.85. The Balaban J connectivity index is 2.33. The van der Waals surface area contributed by atoms with Crippen molar-refractivity contribution in [3.63, 3.8) is 0 Å². The van der Waals surface area contributed by atoms with E-state index in [1.54, 1.807) is 24.3 Å². The van der Waals surface area contributed by atoms with E-state index in [1.807, 2.05) is 6.07 Å². The largest absolute Gasteiger partial charge is 0.464 e. The molecule has 8 heteroatoms. The van der Waals surface area contributed by atoms with Crippen LogP contribution in [0.3, 0.4) is 0 Å². The van der Waals surface area contributed by atoms with Crippen LogP contribution in [0.15, 0.2) is 30.3 Å². The fourth-order valence-corrected chi connectivity index (χ4v) is 1.92. The summed E-state index contributed by atoms with van der Waals surface area (Å²) in [7, 11) is 2.34. The van der Waals surface area contributed by atoms with Crippen LogP contribution in [0.5, 0.6) is 0 Å². The molecule has 0 fully saturated rings. The zero-order valence-electron chi connectivity index (χ0n) is 12.1. The third-order valence-corrected chi connectivity index (χ3v) is 3.02. The van der Waals surface area contributed by atoms with E-state index in [2.05, 4.69) is 19.8 Å². The first-order valence-electron chi connectivity index (χ1n) is 6.41. The maximum atomic E-state index is 11.8. The topological polar surface area (TPSA) is 104 Å². The van der Waals surface area contributed by atoms with Gasteiger partial charge in [-0.2, -0.15) is 0 Å². The Labute approximate surface area is 126 Å². The van der Waals surface area contributed by atoms with Crippen molar-refractivity contribution in [3.8, 4) is 0 Å². The first-order valence-corrected chi connectivity index (χ1v) is 6.41. The van der Waals surface area contributed by atoms with Gasteiger partial charge in [-0.15, -0.1) is 5.10 Å². The van der Waals surface area contributed by atoms with Crippen molar-refractivity contribution in [2.75, 3.05) is 14.2 Å². The number of carbonyl (C=O) groups is 2. The summed E-state index contributed by atoms with van der Waals surface area (Å²) in [5.41, 5.74) is 0.229. The van der Waals surface area contributed by atoms with Crippen LogP contribution in [0.4, 0.5) is 0 Å². The van der Waals surface area contributed by atoms with E-state index in [1.165, 1.54) is 14.2 Å². The Morgan fingerprint density at radius 3 is 2.41 bits per heavy atom. The molecule has 1 heterocycles. The average Bonchev–Trinajstić information content (AvgIpc) is 2.97. The molecule has 0 saturated heterocycles.